The molecule has 0 spiro atoms. The second kappa shape index (κ2) is 7.67. The number of hydrogen-bond acceptors (Lipinski definition) is 5. The lowest BCUT2D eigenvalue weighted by Gasteiger charge is -2.13. The van der Waals surface area contributed by atoms with Gasteiger partial charge in [-0.3, -0.25) is 19.0 Å². The van der Waals surface area contributed by atoms with Gasteiger partial charge in [0.25, 0.3) is 11.5 Å². The quantitative estimate of drug-likeness (QED) is 0.501. The van der Waals surface area contributed by atoms with E-state index in [2.05, 4.69) is 15.1 Å². The Kier molecular flexibility index (Phi) is 4.70. The van der Waals surface area contributed by atoms with Crippen molar-refractivity contribution in [1.29, 1.82) is 0 Å². The van der Waals surface area contributed by atoms with Gasteiger partial charge in [0.15, 0.2) is 11.4 Å². The topological polar surface area (TPSA) is 106 Å². The molecule has 1 saturated heterocycles. The molecule has 156 valence electrons. The van der Waals surface area contributed by atoms with Gasteiger partial charge in [-0.1, -0.05) is 18.2 Å². The first-order valence-corrected chi connectivity index (χ1v) is 10.1. The number of hydrogen-bond donors (Lipinski definition) is 1. The highest BCUT2D eigenvalue weighted by atomic mass is 16.2. The van der Waals surface area contributed by atoms with E-state index in [1.165, 1.54) is 23.3 Å². The fourth-order valence-electron chi connectivity index (χ4n) is 3.83. The maximum absolute atomic E-state index is 12.9. The van der Waals surface area contributed by atoms with E-state index in [-0.39, 0.29) is 23.8 Å². The molecule has 0 unspecified atom stereocenters. The molecule has 0 bridgehead atoms. The van der Waals surface area contributed by atoms with Gasteiger partial charge in [0.1, 0.15) is 17.4 Å². The number of ketones is 1. The Balaban J connectivity index is 1.38. The lowest BCUT2D eigenvalue weighted by molar-refractivity contribution is 0.0787. The first-order chi connectivity index (χ1) is 15.1. The van der Waals surface area contributed by atoms with E-state index >= 15 is 0 Å². The highest BCUT2D eigenvalue weighted by Crippen LogP contribution is 2.15. The van der Waals surface area contributed by atoms with Gasteiger partial charge in [-0.25, -0.2) is 9.67 Å². The third kappa shape index (κ3) is 3.43. The van der Waals surface area contributed by atoms with Crippen molar-refractivity contribution in [1.82, 2.24) is 29.2 Å². The third-order valence-electron chi connectivity index (χ3n) is 5.50. The van der Waals surface area contributed by atoms with Crippen molar-refractivity contribution in [2.75, 3.05) is 13.1 Å². The number of aromatic amines is 1. The molecule has 9 heteroatoms. The van der Waals surface area contributed by atoms with Crippen LogP contribution in [0.1, 0.15) is 33.7 Å². The van der Waals surface area contributed by atoms with Crippen LogP contribution in [0.4, 0.5) is 0 Å². The standard InChI is InChI=1S/C22H20N6O3/c29-19(15-10-18(23-11-15)22(31)26-8-4-5-9-26)13-27-14-24-20-17(21(27)30)12-25-28(20)16-6-2-1-3-7-16/h1-3,6-7,10-12,14,23H,4-5,8-9,13H2. The van der Waals surface area contributed by atoms with Crippen molar-refractivity contribution < 1.29 is 9.59 Å². The first kappa shape index (κ1) is 19.0. The van der Waals surface area contributed by atoms with Gasteiger partial charge in [-0.05, 0) is 31.0 Å². The zero-order valence-corrected chi connectivity index (χ0v) is 16.7. The third-order valence-corrected chi connectivity index (χ3v) is 5.50. The molecule has 1 aromatic carbocycles. The Labute approximate surface area is 176 Å². The molecule has 4 aromatic rings. The van der Waals surface area contributed by atoms with E-state index in [9.17, 15) is 14.4 Å². The summed E-state index contributed by atoms with van der Waals surface area (Å²) in [5, 5.41) is 4.61. The number of fused-ring (bicyclic) bond motifs is 1. The Morgan fingerprint density at radius 2 is 1.87 bits per heavy atom. The SMILES string of the molecule is O=C(Cn1cnc2c(cnn2-c2ccccc2)c1=O)c1c[nH]c(C(=O)N2CCCC2)c1. The van der Waals surface area contributed by atoms with Crippen LogP contribution in [-0.4, -0.2) is 54.0 Å². The van der Waals surface area contributed by atoms with Crippen molar-refractivity contribution in [2.45, 2.75) is 19.4 Å². The highest BCUT2D eigenvalue weighted by molar-refractivity contribution is 6.00. The molecule has 1 fully saturated rings. The summed E-state index contributed by atoms with van der Waals surface area (Å²) in [7, 11) is 0. The van der Waals surface area contributed by atoms with E-state index < -0.39 is 0 Å². The van der Waals surface area contributed by atoms with Crippen LogP contribution in [0, 0.1) is 0 Å². The molecule has 5 rings (SSSR count). The van der Waals surface area contributed by atoms with Crippen molar-refractivity contribution in [2.24, 2.45) is 0 Å². The number of Topliss-reactive ketones (excluding diaryl/α,β-unsaturated/α-hetero) is 1. The summed E-state index contributed by atoms with van der Waals surface area (Å²) in [5.74, 6) is -0.388. The van der Waals surface area contributed by atoms with Gasteiger partial charge in [-0.2, -0.15) is 5.10 Å². The highest BCUT2D eigenvalue weighted by Gasteiger charge is 2.22. The molecular weight excluding hydrogens is 396 g/mol. The van der Waals surface area contributed by atoms with Crippen LogP contribution in [0.25, 0.3) is 16.7 Å². The number of rotatable bonds is 5. The maximum atomic E-state index is 12.9. The van der Waals surface area contributed by atoms with Crippen LogP contribution in [-0.2, 0) is 6.54 Å². The average Bonchev–Trinajstić information content (AvgIpc) is 3.56. The number of amides is 1. The second-order valence-electron chi connectivity index (χ2n) is 7.53. The number of H-pyrrole nitrogens is 1. The van der Waals surface area contributed by atoms with Crippen molar-refractivity contribution >= 4 is 22.7 Å². The van der Waals surface area contributed by atoms with Crippen LogP contribution >= 0.6 is 0 Å². The van der Waals surface area contributed by atoms with Gasteiger partial charge < -0.3 is 9.88 Å². The fraction of sp³-hybridized carbons (Fsp3) is 0.227. The van der Waals surface area contributed by atoms with Crippen LogP contribution in [0.2, 0.25) is 0 Å². The largest absolute Gasteiger partial charge is 0.356 e. The molecule has 4 heterocycles. The summed E-state index contributed by atoms with van der Waals surface area (Å²) >= 11 is 0. The second-order valence-corrected chi connectivity index (χ2v) is 7.53. The summed E-state index contributed by atoms with van der Waals surface area (Å²) in [6.45, 7) is 1.30. The smallest absolute Gasteiger partial charge is 0.270 e. The monoisotopic (exact) mass is 416 g/mol. The summed E-state index contributed by atoms with van der Waals surface area (Å²) in [4.78, 5) is 47.1. The normalized spacial score (nSPS) is 13.7. The molecule has 9 nitrogen and oxygen atoms in total. The number of carbonyl (C=O) groups is 2. The zero-order chi connectivity index (χ0) is 21.4. The molecule has 1 aliphatic rings. The van der Waals surface area contributed by atoms with Crippen molar-refractivity contribution in [3.05, 3.63) is 76.7 Å². The average molecular weight is 416 g/mol. The maximum Gasteiger partial charge on any atom is 0.270 e. The number of para-hydroxylation sites is 1. The predicted molar refractivity (Wildman–Crippen MR) is 113 cm³/mol. The molecule has 1 N–H and O–H groups in total. The van der Waals surface area contributed by atoms with Gasteiger partial charge in [-0.15, -0.1) is 0 Å². The van der Waals surface area contributed by atoms with E-state index in [1.54, 1.807) is 15.6 Å². The van der Waals surface area contributed by atoms with Crippen LogP contribution in [0.15, 0.2) is 59.9 Å². The Morgan fingerprint density at radius 3 is 2.65 bits per heavy atom. The molecule has 1 aliphatic heterocycles. The Hall–Kier alpha value is -4.01. The summed E-state index contributed by atoms with van der Waals surface area (Å²) in [6, 6.07) is 10.9. The molecular formula is C22H20N6O3. The Morgan fingerprint density at radius 1 is 1.10 bits per heavy atom. The minimum Gasteiger partial charge on any atom is -0.356 e. The minimum atomic E-state index is -0.343. The number of likely N-dealkylation sites (tertiary alicyclic amines) is 1. The van der Waals surface area contributed by atoms with Gasteiger partial charge in [0, 0.05) is 24.8 Å². The number of nitrogens with zero attached hydrogens (tertiary/aromatic N) is 5. The van der Waals surface area contributed by atoms with Gasteiger partial charge >= 0.3 is 0 Å². The fourth-order valence-corrected chi connectivity index (χ4v) is 3.83. The molecule has 0 radical (unpaired) electrons. The van der Waals surface area contributed by atoms with Crippen LogP contribution in [0.3, 0.4) is 0 Å². The molecule has 0 atom stereocenters. The molecule has 3 aromatic heterocycles. The van der Waals surface area contributed by atoms with Crippen molar-refractivity contribution in [3.8, 4) is 5.69 Å². The summed E-state index contributed by atoms with van der Waals surface area (Å²) in [6.07, 6.45) is 6.32. The minimum absolute atomic E-state index is 0.106. The number of nitrogens with one attached hydrogen (secondary N) is 1. The molecule has 31 heavy (non-hydrogen) atoms. The van der Waals surface area contributed by atoms with Crippen LogP contribution in [0.5, 0.6) is 0 Å². The lowest BCUT2D eigenvalue weighted by Crippen LogP contribution is -2.27. The van der Waals surface area contributed by atoms with Crippen molar-refractivity contribution in [3.63, 3.8) is 0 Å². The molecule has 1 amide bonds. The molecule has 0 aliphatic carbocycles. The number of aromatic nitrogens is 5. The Bertz CT molecular complexity index is 1330. The molecule has 0 saturated carbocycles. The van der Waals surface area contributed by atoms with E-state index in [4.69, 9.17) is 0 Å². The lowest BCUT2D eigenvalue weighted by atomic mass is 10.2. The van der Waals surface area contributed by atoms with E-state index in [0.29, 0.717) is 22.3 Å². The van der Waals surface area contributed by atoms with E-state index in [1.807, 2.05) is 30.3 Å². The van der Waals surface area contributed by atoms with E-state index in [0.717, 1.165) is 31.6 Å². The van der Waals surface area contributed by atoms with Gasteiger partial charge in [0.2, 0.25) is 0 Å². The predicted octanol–water partition coefficient (Wildman–Crippen LogP) is 2.03. The summed E-state index contributed by atoms with van der Waals surface area (Å²) < 4.78 is 2.85. The zero-order valence-electron chi connectivity index (χ0n) is 16.7. The van der Waals surface area contributed by atoms with Gasteiger partial charge in [0.05, 0.1) is 18.4 Å². The summed E-state index contributed by atoms with van der Waals surface area (Å²) in [5.41, 5.74) is 1.62. The first-order valence-electron chi connectivity index (χ1n) is 10.1. The number of benzene rings is 1. The van der Waals surface area contributed by atoms with Crippen LogP contribution < -0.4 is 5.56 Å². The number of carbonyl (C=O) groups excluding carboxylic acids is 2.